The topological polar surface area (TPSA) is 111 Å². The Balaban J connectivity index is 1.49. The van der Waals surface area contributed by atoms with Gasteiger partial charge >= 0.3 is 0 Å². The number of hydrogen-bond acceptors (Lipinski definition) is 7. The fourth-order valence-electron chi connectivity index (χ4n) is 4.51. The van der Waals surface area contributed by atoms with E-state index in [1.54, 1.807) is 48.5 Å². The molecule has 4 rings (SSSR count). The number of rotatable bonds is 9. The lowest BCUT2D eigenvalue weighted by Gasteiger charge is -2.38. The number of aromatic hydroxyl groups is 1. The maximum atomic E-state index is 12.0. The van der Waals surface area contributed by atoms with E-state index < -0.39 is 22.1 Å². The Morgan fingerprint density at radius 2 is 1.73 bits per heavy atom. The normalized spacial score (nSPS) is 20.3. The van der Waals surface area contributed by atoms with Crippen LogP contribution in [0.2, 0.25) is 0 Å². The summed E-state index contributed by atoms with van der Waals surface area (Å²) in [6, 6.07) is 21.0. The summed E-state index contributed by atoms with van der Waals surface area (Å²) in [7, 11) is 1.90. The van der Waals surface area contributed by atoms with Crippen molar-refractivity contribution in [3.8, 4) is 5.75 Å². The zero-order valence-corrected chi connectivity index (χ0v) is 24.0. The fourth-order valence-corrected chi connectivity index (χ4v) is 4.66. The maximum Gasteiger partial charge on any atom is 0.276 e. The quantitative estimate of drug-likeness (QED) is 0.240. The van der Waals surface area contributed by atoms with Gasteiger partial charge < -0.3 is 35.0 Å². The van der Waals surface area contributed by atoms with E-state index in [1.807, 2.05) is 36.2 Å². The Morgan fingerprint density at radius 1 is 1.05 bits per heavy atom. The van der Waals surface area contributed by atoms with E-state index in [1.165, 1.54) is 0 Å². The van der Waals surface area contributed by atoms with Crippen LogP contribution in [0.3, 0.4) is 0 Å². The van der Waals surface area contributed by atoms with Gasteiger partial charge in [0.05, 0.1) is 24.9 Å². The number of anilines is 1. The molecule has 1 fully saturated rings. The summed E-state index contributed by atoms with van der Waals surface area (Å²) in [5, 5.41) is 32.4. The van der Waals surface area contributed by atoms with Crippen LogP contribution in [0.15, 0.2) is 72.8 Å². The minimum Gasteiger partial charge on any atom is -0.508 e. The number of carbonyl (C=O) groups excluding carboxylic acids is 1. The van der Waals surface area contributed by atoms with Gasteiger partial charge in [0.2, 0.25) is 0 Å². The lowest BCUT2D eigenvalue weighted by atomic mass is 9.99. The van der Waals surface area contributed by atoms with Crippen LogP contribution in [-0.4, -0.2) is 56.2 Å². The van der Waals surface area contributed by atoms with Crippen molar-refractivity contribution in [2.45, 2.75) is 41.4 Å². The van der Waals surface area contributed by atoms with Gasteiger partial charge in [-0.1, -0.05) is 83.3 Å². The Hall–Kier alpha value is -2.40. The van der Waals surface area contributed by atoms with Crippen LogP contribution >= 0.6 is 34.8 Å². The van der Waals surface area contributed by atoms with Crippen molar-refractivity contribution >= 4 is 46.4 Å². The predicted molar refractivity (Wildman–Crippen MR) is 154 cm³/mol. The van der Waals surface area contributed by atoms with Crippen molar-refractivity contribution in [1.29, 1.82) is 0 Å². The number of hydrogen-bond donors (Lipinski definition) is 4. The summed E-state index contributed by atoms with van der Waals surface area (Å²) in [5.74, 6) is -0.666. The summed E-state index contributed by atoms with van der Waals surface area (Å²) < 4.78 is 10.6. The molecule has 1 heterocycles. The number of aliphatic hydroxyl groups is 2. The van der Waals surface area contributed by atoms with E-state index in [9.17, 15) is 20.1 Å². The van der Waals surface area contributed by atoms with Gasteiger partial charge in [0.15, 0.2) is 6.29 Å². The zero-order valence-electron chi connectivity index (χ0n) is 21.7. The summed E-state index contributed by atoms with van der Waals surface area (Å²) in [5.41, 5.74) is 3.56. The molecule has 11 heteroatoms. The highest BCUT2D eigenvalue weighted by atomic mass is 35.6. The van der Waals surface area contributed by atoms with E-state index in [-0.39, 0.29) is 24.6 Å². The first-order chi connectivity index (χ1) is 19.0. The van der Waals surface area contributed by atoms with Gasteiger partial charge in [-0.05, 0) is 48.0 Å². The van der Waals surface area contributed by atoms with Crippen molar-refractivity contribution in [1.82, 2.24) is 4.90 Å². The minimum atomic E-state index is -2.08. The van der Waals surface area contributed by atoms with Crippen LogP contribution < -0.4 is 5.32 Å². The summed E-state index contributed by atoms with van der Waals surface area (Å²) in [6.45, 7) is 0.800. The molecule has 4 N–H and O–H groups in total. The van der Waals surface area contributed by atoms with E-state index in [0.717, 1.165) is 16.7 Å². The monoisotopic (exact) mass is 608 g/mol. The second kappa shape index (κ2) is 13.5. The minimum absolute atomic E-state index is 0.0480. The van der Waals surface area contributed by atoms with Crippen LogP contribution in [0.1, 0.15) is 47.2 Å². The van der Waals surface area contributed by atoms with Crippen LogP contribution in [0.25, 0.3) is 0 Å². The molecule has 0 radical (unpaired) electrons. The number of benzene rings is 3. The predicted octanol–water partition coefficient (Wildman–Crippen LogP) is 5.40. The molecule has 0 bridgehead atoms. The highest BCUT2D eigenvalue weighted by Crippen LogP contribution is 2.38. The summed E-state index contributed by atoms with van der Waals surface area (Å²) >= 11 is 16.9. The number of alkyl halides is 3. The number of nitrogens with zero attached hydrogens (tertiary/aromatic N) is 1. The second-order valence-electron chi connectivity index (χ2n) is 9.76. The molecule has 4 atom stereocenters. The largest absolute Gasteiger partial charge is 0.508 e. The number of nitrogens with one attached hydrogen (secondary N) is 1. The smallest absolute Gasteiger partial charge is 0.276 e. The van der Waals surface area contributed by atoms with Gasteiger partial charge in [0.25, 0.3) is 9.70 Å². The molecular formula is C29H31Cl3N2O6. The van der Waals surface area contributed by atoms with E-state index >= 15 is 0 Å². The van der Waals surface area contributed by atoms with Crippen molar-refractivity contribution in [3.05, 3.63) is 95.1 Å². The van der Waals surface area contributed by atoms with Gasteiger partial charge in [-0.25, -0.2) is 0 Å². The molecule has 1 aliphatic heterocycles. The van der Waals surface area contributed by atoms with Gasteiger partial charge in [0, 0.05) is 30.8 Å². The number of carbonyl (C=O) groups is 1. The Bertz CT molecular complexity index is 1270. The summed E-state index contributed by atoms with van der Waals surface area (Å²) in [6.07, 6.45) is -1.46. The van der Waals surface area contributed by atoms with E-state index in [2.05, 4.69) is 5.32 Å². The van der Waals surface area contributed by atoms with Gasteiger partial charge in [-0.3, -0.25) is 4.79 Å². The van der Waals surface area contributed by atoms with Crippen molar-refractivity contribution in [2.24, 2.45) is 0 Å². The molecule has 3 aromatic rings. The average molecular weight is 610 g/mol. The lowest BCUT2D eigenvalue weighted by molar-refractivity contribution is -0.252. The number of halogens is 3. The van der Waals surface area contributed by atoms with Crippen LogP contribution in [0, 0.1) is 0 Å². The second-order valence-corrected chi connectivity index (χ2v) is 12.0. The molecule has 0 spiro atoms. The summed E-state index contributed by atoms with van der Waals surface area (Å²) in [4.78, 5) is 14.0. The molecule has 3 aromatic carbocycles. The number of ether oxygens (including phenoxy) is 2. The molecule has 0 saturated carbocycles. The molecule has 1 saturated heterocycles. The van der Waals surface area contributed by atoms with Crippen LogP contribution in [0.5, 0.6) is 5.75 Å². The molecule has 0 aromatic heterocycles. The molecule has 214 valence electrons. The molecular weight excluding hydrogens is 579 g/mol. The Labute approximate surface area is 248 Å². The average Bonchev–Trinajstić information content (AvgIpc) is 2.92. The van der Waals surface area contributed by atoms with Crippen molar-refractivity contribution in [2.75, 3.05) is 25.5 Å². The lowest BCUT2D eigenvalue weighted by Crippen LogP contribution is -2.39. The number of phenolic OH excluding ortho intramolecular Hbond substituents is 1. The third-order valence-electron chi connectivity index (χ3n) is 6.57. The Morgan fingerprint density at radius 3 is 2.35 bits per heavy atom. The molecule has 8 nitrogen and oxygen atoms in total. The Kier molecular flexibility index (Phi) is 10.3. The standard InChI is InChI=1S/C29H31Cl3N2O6/c1-34(16-25(37)21-3-2-4-23(36)13-21)15-24-14-26(19-7-5-18(17-35)6-8-19)40-27(39-24)20-9-11-22(12-10-20)33-28(38)29(30,31)32/h2-13,24-27,35-37H,14-17H2,1H3,(H,33,38)/t24-,25-,26+,27+/m1/s1. The van der Waals surface area contributed by atoms with Crippen molar-refractivity contribution < 1.29 is 29.6 Å². The highest BCUT2D eigenvalue weighted by Gasteiger charge is 2.34. The number of aliphatic hydroxyl groups excluding tert-OH is 2. The number of likely N-dealkylation sites (N-methyl/N-ethyl adjacent to an activating group) is 1. The third-order valence-corrected chi connectivity index (χ3v) is 7.08. The molecule has 0 aliphatic carbocycles. The van der Waals surface area contributed by atoms with Gasteiger partial charge in [-0.15, -0.1) is 0 Å². The van der Waals surface area contributed by atoms with Gasteiger partial charge in [-0.2, -0.15) is 0 Å². The fraction of sp³-hybridized carbons (Fsp3) is 0.345. The molecule has 1 aliphatic rings. The zero-order chi connectivity index (χ0) is 28.9. The SMILES string of the molecule is CN(C[C@H]1C[C@@H](c2ccc(CO)cc2)O[C@@H](c2ccc(NC(=O)C(Cl)(Cl)Cl)cc2)O1)C[C@@H](O)c1cccc(O)c1. The first-order valence-corrected chi connectivity index (χ1v) is 13.8. The van der Waals surface area contributed by atoms with Crippen LogP contribution in [-0.2, 0) is 20.9 Å². The van der Waals surface area contributed by atoms with Crippen LogP contribution in [0.4, 0.5) is 5.69 Å². The number of phenols is 1. The molecule has 40 heavy (non-hydrogen) atoms. The third kappa shape index (κ3) is 8.31. The highest BCUT2D eigenvalue weighted by molar-refractivity contribution is 6.76. The van der Waals surface area contributed by atoms with Gasteiger partial charge in [0.1, 0.15) is 5.75 Å². The van der Waals surface area contributed by atoms with E-state index in [4.69, 9.17) is 44.3 Å². The molecule has 1 amide bonds. The first-order valence-electron chi connectivity index (χ1n) is 12.7. The molecule has 0 unspecified atom stereocenters. The first kappa shape index (κ1) is 30.6. The van der Waals surface area contributed by atoms with Crippen molar-refractivity contribution in [3.63, 3.8) is 0 Å². The number of amides is 1. The van der Waals surface area contributed by atoms with E-state index in [0.29, 0.717) is 30.8 Å². The maximum absolute atomic E-state index is 12.0.